The lowest BCUT2D eigenvalue weighted by atomic mass is 10.1. The van der Waals surface area contributed by atoms with E-state index in [2.05, 4.69) is 5.32 Å². The SMILES string of the molecule is CC(=O)c1cccc(NC(=O)C2CC(=O)N(c3ccc(C(F)(F)F)cc3)C2)c1. The van der Waals surface area contributed by atoms with Gasteiger partial charge in [0, 0.05) is 29.9 Å². The Balaban J connectivity index is 1.69. The number of halogens is 3. The lowest BCUT2D eigenvalue weighted by Gasteiger charge is -2.17. The summed E-state index contributed by atoms with van der Waals surface area (Å²) in [5.41, 5.74) is 0.402. The Bertz CT molecular complexity index is 923. The molecule has 1 unspecified atom stereocenters. The van der Waals surface area contributed by atoms with Crippen molar-refractivity contribution in [3.05, 3.63) is 59.7 Å². The molecule has 1 aliphatic heterocycles. The van der Waals surface area contributed by atoms with E-state index in [-0.39, 0.29) is 30.6 Å². The van der Waals surface area contributed by atoms with Gasteiger partial charge < -0.3 is 10.2 Å². The van der Waals surface area contributed by atoms with Gasteiger partial charge in [-0.15, -0.1) is 0 Å². The molecule has 0 radical (unpaired) electrons. The first kappa shape index (κ1) is 19.6. The predicted molar refractivity (Wildman–Crippen MR) is 97.0 cm³/mol. The van der Waals surface area contributed by atoms with Crippen LogP contribution < -0.4 is 10.2 Å². The molecule has 3 rings (SSSR count). The van der Waals surface area contributed by atoms with E-state index in [1.165, 1.54) is 24.0 Å². The van der Waals surface area contributed by atoms with Crippen molar-refractivity contribution in [3.8, 4) is 0 Å². The number of alkyl halides is 3. The Labute approximate surface area is 159 Å². The van der Waals surface area contributed by atoms with Crippen molar-refractivity contribution in [1.82, 2.24) is 0 Å². The molecule has 2 aromatic rings. The summed E-state index contributed by atoms with van der Waals surface area (Å²) in [7, 11) is 0. The van der Waals surface area contributed by atoms with Crippen LogP contribution in [0.1, 0.15) is 29.3 Å². The molecule has 146 valence electrons. The Morgan fingerprint density at radius 1 is 1.11 bits per heavy atom. The lowest BCUT2D eigenvalue weighted by molar-refractivity contribution is -0.137. The molecule has 0 saturated carbocycles. The average molecular weight is 390 g/mol. The molecule has 28 heavy (non-hydrogen) atoms. The maximum Gasteiger partial charge on any atom is 0.416 e. The van der Waals surface area contributed by atoms with Gasteiger partial charge in [0.25, 0.3) is 0 Å². The molecule has 1 saturated heterocycles. The van der Waals surface area contributed by atoms with Crippen LogP contribution in [0.3, 0.4) is 0 Å². The van der Waals surface area contributed by atoms with Crippen molar-refractivity contribution in [3.63, 3.8) is 0 Å². The first-order valence-electron chi connectivity index (χ1n) is 8.54. The maximum absolute atomic E-state index is 12.7. The summed E-state index contributed by atoms with van der Waals surface area (Å²) in [4.78, 5) is 37.5. The number of hydrogen-bond donors (Lipinski definition) is 1. The predicted octanol–water partition coefficient (Wildman–Crippen LogP) is 3.90. The van der Waals surface area contributed by atoms with Gasteiger partial charge in [0.05, 0.1) is 11.5 Å². The molecule has 1 heterocycles. The maximum atomic E-state index is 12.7. The second-order valence-electron chi connectivity index (χ2n) is 6.58. The Morgan fingerprint density at radius 3 is 2.39 bits per heavy atom. The number of benzene rings is 2. The Kier molecular flexibility index (Phi) is 5.22. The summed E-state index contributed by atoms with van der Waals surface area (Å²) in [6, 6.07) is 10.7. The molecule has 0 aliphatic carbocycles. The third-order valence-electron chi connectivity index (χ3n) is 4.54. The van der Waals surface area contributed by atoms with Crippen molar-refractivity contribution in [2.24, 2.45) is 5.92 Å². The van der Waals surface area contributed by atoms with Gasteiger partial charge in [0.15, 0.2) is 5.78 Å². The number of ketones is 1. The van der Waals surface area contributed by atoms with Crippen molar-refractivity contribution in [2.45, 2.75) is 19.5 Å². The Morgan fingerprint density at radius 2 is 1.79 bits per heavy atom. The average Bonchev–Trinajstić information content (AvgIpc) is 3.03. The molecule has 5 nitrogen and oxygen atoms in total. The largest absolute Gasteiger partial charge is 0.416 e. The molecule has 1 atom stereocenters. The zero-order chi connectivity index (χ0) is 20.5. The lowest BCUT2D eigenvalue weighted by Crippen LogP contribution is -2.28. The summed E-state index contributed by atoms with van der Waals surface area (Å²) in [5, 5.41) is 2.68. The topological polar surface area (TPSA) is 66.5 Å². The number of hydrogen-bond acceptors (Lipinski definition) is 3. The molecule has 0 bridgehead atoms. The van der Waals surface area contributed by atoms with Crippen molar-refractivity contribution < 1.29 is 27.6 Å². The van der Waals surface area contributed by atoms with Gasteiger partial charge in [-0.05, 0) is 43.3 Å². The smallest absolute Gasteiger partial charge is 0.326 e. The highest BCUT2D eigenvalue weighted by Crippen LogP contribution is 2.32. The molecule has 8 heteroatoms. The minimum absolute atomic E-state index is 0.0424. The third-order valence-corrected chi connectivity index (χ3v) is 4.54. The number of Topliss-reactive ketones (excluding diaryl/α,β-unsaturated/α-hetero) is 1. The normalized spacial score (nSPS) is 16.9. The fraction of sp³-hybridized carbons (Fsp3) is 0.250. The number of carbonyl (C=O) groups excluding carboxylic acids is 3. The summed E-state index contributed by atoms with van der Waals surface area (Å²) in [6.07, 6.45) is -4.50. The van der Waals surface area contributed by atoms with Crippen molar-refractivity contribution in [2.75, 3.05) is 16.8 Å². The van der Waals surface area contributed by atoms with Crippen LogP contribution in [0.2, 0.25) is 0 Å². The van der Waals surface area contributed by atoms with Gasteiger partial charge >= 0.3 is 6.18 Å². The van der Waals surface area contributed by atoms with Crippen LogP contribution in [-0.4, -0.2) is 24.1 Å². The first-order chi connectivity index (χ1) is 13.1. The second-order valence-corrected chi connectivity index (χ2v) is 6.58. The van der Waals surface area contributed by atoms with Crippen molar-refractivity contribution >= 4 is 29.0 Å². The highest BCUT2D eigenvalue weighted by atomic mass is 19.4. The molecule has 0 spiro atoms. The molecule has 0 aromatic heterocycles. The number of anilines is 2. The van der Waals surface area contributed by atoms with Crippen LogP contribution in [0.15, 0.2) is 48.5 Å². The number of amides is 2. The zero-order valence-electron chi connectivity index (χ0n) is 14.9. The molecule has 1 fully saturated rings. The number of nitrogens with zero attached hydrogens (tertiary/aromatic N) is 1. The molecule has 1 N–H and O–H groups in total. The third kappa shape index (κ3) is 4.21. The minimum atomic E-state index is -4.45. The standard InChI is InChI=1S/C20H17F3N2O3/c1-12(26)13-3-2-4-16(9-13)24-19(28)14-10-18(27)25(11-14)17-7-5-15(6-8-17)20(21,22)23/h2-9,14H,10-11H2,1H3,(H,24,28). The fourth-order valence-corrected chi connectivity index (χ4v) is 3.02. The summed E-state index contributed by atoms with van der Waals surface area (Å²) >= 11 is 0. The van der Waals surface area contributed by atoms with Crippen molar-refractivity contribution in [1.29, 1.82) is 0 Å². The van der Waals surface area contributed by atoms with Gasteiger partial charge in [-0.3, -0.25) is 14.4 Å². The molecular weight excluding hydrogens is 373 g/mol. The van der Waals surface area contributed by atoms with Crippen LogP contribution in [0.5, 0.6) is 0 Å². The first-order valence-corrected chi connectivity index (χ1v) is 8.54. The van der Waals surface area contributed by atoms with Gasteiger partial charge in [-0.25, -0.2) is 0 Å². The van der Waals surface area contributed by atoms with E-state index in [9.17, 15) is 27.6 Å². The molecular formula is C20H17F3N2O3. The number of nitrogens with one attached hydrogen (secondary N) is 1. The van der Waals surface area contributed by atoms with E-state index in [4.69, 9.17) is 0 Å². The molecule has 2 aromatic carbocycles. The minimum Gasteiger partial charge on any atom is -0.326 e. The van der Waals surface area contributed by atoms with E-state index in [0.29, 0.717) is 16.9 Å². The summed E-state index contributed by atoms with van der Waals surface area (Å²) in [6.45, 7) is 1.49. The number of rotatable bonds is 4. The van der Waals surface area contributed by atoms with Crippen LogP contribution in [0, 0.1) is 5.92 Å². The monoisotopic (exact) mass is 390 g/mol. The number of carbonyl (C=O) groups is 3. The second kappa shape index (κ2) is 7.46. The van der Waals surface area contributed by atoms with Crippen LogP contribution in [-0.2, 0) is 15.8 Å². The van der Waals surface area contributed by atoms with E-state index in [1.54, 1.807) is 24.3 Å². The van der Waals surface area contributed by atoms with Crippen LogP contribution in [0.4, 0.5) is 24.5 Å². The van der Waals surface area contributed by atoms with E-state index in [1.807, 2.05) is 0 Å². The zero-order valence-corrected chi connectivity index (χ0v) is 14.9. The quantitative estimate of drug-likeness (QED) is 0.806. The van der Waals surface area contributed by atoms with Gasteiger partial charge in [0.2, 0.25) is 11.8 Å². The molecule has 1 aliphatic rings. The van der Waals surface area contributed by atoms with Gasteiger partial charge in [-0.1, -0.05) is 12.1 Å². The highest BCUT2D eigenvalue weighted by molar-refractivity contribution is 6.04. The summed E-state index contributed by atoms with van der Waals surface area (Å²) < 4.78 is 38.0. The van der Waals surface area contributed by atoms with Crippen LogP contribution >= 0.6 is 0 Å². The highest BCUT2D eigenvalue weighted by Gasteiger charge is 2.36. The van der Waals surface area contributed by atoms with E-state index >= 15 is 0 Å². The summed E-state index contributed by atoms with van der Waals surface area (Å²) in [5.74, 6) is -1.50. The Hall–Kier alpha value is -3.16. The van der Waals surface area contributed by atoms with Gasteiger partial charge in [-0.2, -0.15) is 13.2 Å². The fourth-order valence-electron chi connectivity index (χ4n) is 3.02. The van der Waals surface area contributed by atoms with E-state index in [0.717, 1.165) is 12.1 Å². The van der Waals surface area contributed by atoms with Gasteiger partial charge in [0.1, 0.15) is 0 Å². The molecule has 2 amide bonds. The van der Waals surface area contributed by atoms with Crippen LogP contribution in [0.25, 0.3) is 0 Å². The van der Waals surface area contributed by atoms with E-state index < -0.39 is 17.7 Å².